The Labute approximate surface area is 159 Å². The largest absolute Gasteiger partial charge is 0.467 e. The number of carbonyl (C=O) groups excluding carboxylic acids is 2. The van der Waals surface area contributed by atoms with E-state index in [0.717, 1.165) is 5.76 Å². The van der Waals surface area contributed by atoms with Crippen LogP contribution in [-0.4, -0.2) is 32.8 Å². The maximum Gasteiger partial charge on any atom is 0.237 e. The Morgan fingerprint density at radius 3 is 3.04 bits per heavy atom. The van der Waals surface area contributed by atoms with Gasteiger partial charge in [0.05, 0.1) is 11.1 Å². The summed E-state index contributed by atoms with van der Waals surface area (Å²) < 4.78 is 12.8. The molecule has 0 saturated carbocycles. The van der Waals surface area contributed by atoms with Crippen molar-refractivity contribution in [3.05, 3.63) is 47.6 Å². The van der Waals surface area contributed by atoms with Gasteiger partial charge in [-0.05, 0) is 25.0 Å². The summed E-state index contributed by atoms with van der Waals surface area (Å²) in [6.07, 6.45) is 7.46. The van der Waals surface area contributed by atoms with Gasteiger partial charge in [-0.25, -0.2) is 9.97 Å². The molecule has 2 atom stereocenters. The average molecular weight is 386 g/mol. The number of hydrogen-bond donors (Lipinski definition) is 1. The van der Waals surface area contributed by atoms with Crippen LogP contribution in [0.2, 0.25) is 0 Å². The number of hydrogen-bond acceptors (Lipinski definition) is 7. The highest BCUT2D eigenvalue weighted by atomic mass is 32.1. The number of thiazole rings is 1. The predicted molar refractivity (Wildman–Crippen MR) is 97.0 cm³/mol. The lowest BCUT2D eigenvalue weighted by atomic mass is 9.90. The summed E-state index contributed by atoms with van der Waals surface area (Å²) in [5, 5.41) is 0.583. The fourth-order valence-corrected chi connectivity index (χ4v) is 4.15. The van der Waals surface area contributed by atoms with Crippen molar-refractivity contribution in [2.24, 2.45) is 11.7 Å². The maximum absolute atomic E-state index is 12.9. The van der Waals surface area contributed by atoms with Gasteiger partial charge in [0.25, 0.3) is 0 Å². The maximum atomic E-state index is 12.9. The first-order chi connectivity index (χ1) is 13.1. The molecule has 0 aliphatic carbocycles. The Hall–Kier alpha value is -2.78. The number of aromatic nitrogens is 3. The quantitative estimate of drug-likeness (QED) is 0.651. The zero-order valence-electron chi connectivity index (χ0n) is 14.4. The summed E-state index contributed by atoms with van der Waals surface area (Å²) >= 11 is 1.27. The van der Waals surface area contributed by atoms with Gasteiger partial charge >= 0.3 is 0 Å². The molecule has 4 heterocycles. The summed E-state index contributed by atoms with van der Waals surface area (Å²) in [5.74, 6) is 0.705. The molecule has 0 bridgehead atoms. The molecule has 27 heavy (non-hydrogen) atoms. The second-order valence-electron chi connectivity index (χ2n) is 6.34. The van der Waals surface area contributed by atoms with E-state index < -0.39 is 5.91 Å². The van der Waals surface area contributed by atoms with Crippen molar-refractivity contribution < 1.29 is 18.7 Å². The third kappa shape index (κ3) is 3.69. The monoisotopic (exact) mass is 386 g/mol. The minimum Gasteiger partial charge on any atom is -0.467 e. The molecule has 8 nitrogen and oxygen atoms in total. The number of furan rings is 1. The van der Waals surface area contributed by atoms with E-state index in [1.54, 1.807) is 29.4 Å². The third-order valence-electron chi connectivity index (χ3n) is 4.50. The minimum atomic E-state index is -0.465. The number of nitrogens with two attached hydrogens (primary N) is 1. The van der Waals surface area contributed by atoms with E-state index >= 15 is 0 Å². The van der Waals surface area contributed by atoms with E-state index in [1.807, 2.05) is 12.1 Å². The van der Waals surface area contributed by atoms with E-state index in [1.165, 1.54) is 11.3 Å². The van der Waals surface area contributed by atoms with Gasteiger partial charge in [0.15, 0.2) is 16.6 Å². The van der Waals surface area contributed by atoms with E-state index in [4.69, 9.17) is 14.9 Å². The molecular formula is C18H18N4O4S. The van der Waals surface area contributed by atoms with Gasteiger partial charge in [-0.15, -0.1) is 11.3 Å². The number of rotatable bonds is 6. The summed E-state index contributed by atoms with van der Waals surface area (Å²) in [7, 11) is 0. The number of amides is 1. The van der Waals surface area contributed by atoms with Crippen molar-refractivity contribution in [1.82, 2.24) is 14.5 Å². The van der Waals surface area contributed by atoms with Crippen molar-refractivity contribution >= 4 is 23.0 Å². The van der Waals surface area contributed by atoms with Crippen molar-refractivity contribution in [1.29, 1.82) is 0 Å². The number of primary amides is 1. The molecule has 3 aromatic heterocycles. The molecule has 1 amide bonds. The second kappa shape index (κ2) is 7.45. The van der Waals surface area contributed by atoms with Crippen LogP contribution >= 0.6 is 11.3 Å². The molecule has 1 saturated heterocycles. The molecule has 4 rings (SSSR count). The molecule has 1 aliphatic rings. The van der Waals surface area contributed by atoms with Crippen LogP contribution in [0.3, 0.4) is 0 Å². The topological polar surface area (TPSA) is 113 Å². The van der Waals surface area contributed by atoms with Crippen molar-refractivity contribution in [3.63, 3.8) is 0 Å². The fraction of sp³-hybridized carbons (Fsp3) is 0.333. The minimum absolute atomic E-state index is 0.0168. The number of Topliss-reactive ketones (excluding diaryl/α,β-unsaturated/α-hetero) is 1. The van der Waals surface area contributed by atoms with E-state index in [0.29, 0.717) is 35.2 Å². The third-order valence-corrected chi connectivity index (χ3v) is 5.50. The number of nitrogens with zero attached hydrogens (tertiary/aromatic N) is 3. The van der Waals surface area contributed by atoms with Gasteiger partial charge in [-0.1, -0.05) is 0 Å². The lowest BCUT2D eigenvalue weighted by Gasteiger charge is -2.27. The number of imidazole rings is 1. The van der Waals surface area contributed by atoms with Gasteiger partial charge in [-0.3, -0.25) is 9.59 Å². The van der Waals surface area contributed by atoms with Crippen LogP contribution in [0.25, 0.3) is 10.8 Å². The van der Waals surface area contributed by atoms with Crippen LogP contribution in [0, 0.1) is 5.92 Å². The van der Waals surface area contributed by atoms with Crippen molar-refractivity contribution in [2.45, 2.75) is 25.5 Å². The Morgan fingerprint density at radius 2 is 2.26 bits per heavy atom. The zero-order chi connectivity index (χ0) is 18.8. The molecule has 0 spiro atoms. The van der Waals surface area contributed by atoms with Crippen molar-refractivity contribution in [2.75, 3.05) is 6.61 Å². The average Bonchev–Trinajstić information content (AvgIpc) is 3.41. The lowest BCUT2D eigenvalue weighted by Crippen LogP contribution is -2.25. The van der Waals surface area contributed by atoms with E-state index in [9.17, 15) is 9.59 Å². The van der Waals surface area contributed by atoms with Crippen molar-refractivity contribution in [3.8, 4) is 10.8 Å². The highest BCUT2D eigenvalue weighted by molar-refractivity contribution is 7.16. The van der Waals surface area contributed by atoms with Crippen LogP contribution in [0.4, 0.5) is 0 Å². The first-order valence-corrected chi connectivity index (χ1v) is 9.38. The number of ketones is 1. The van der Waals surface area contributed by atoms with E-state index in [-0.39, 0.29) is 24.3 Å². The molecule has 1 fully saturated rings. The molecule has 3 aromatic rings. The Balaban J connectivity index is 1.50. The lowest BCUT2D eigenvalue weighted by molar-refractivity contribution is -0.118. The Morgan fingerprint density at radius 1 is 1.37 bits per heavy atom. The van der Waals surface area contributed by atoms with Crippen LogP contribution < -0.4 is 5.73 Å². The Bertz CT molecular complexity index is 946. The van der Waals surface area contributed by atoms with Gasteiger partial charge in [0.2, 0.25) is 5.91 Å². The van der Waals surface area contributed by atoms with E-state index in [2.05, 4.69) is 9.97 Å². The molecule has 9 heteroatoms. The normalized spacial score (nSPS) is 19.9. The summed E-state index contributed by atoms with van der Waals surface area (Å²) in [6.45, 7) is 0.527. The highest BCUT2D eigenvalue weighted by Gasteiger charge is 2.31. The molecule has 0 aromatic carbocycles. The number of ether oxygens (including phenoxy) is 1. The first-order valence-electron chi connectivity index (χ1n) is 8.56. The Kier molecular flexibility index (Phi) is 4.87. The molecule has 1 aliphatic heterocycles. The standard InChI is InChI=1S/C18H18N4O4S/c19-15(23)10-22-5-4-20-17(22)18-21-9-14(27-18)16(24)11-3-7-26-13(8-11)12-2-1-6-25-12/h1-2,4-6,9,11,13H,3,7-8,10H2,(H2,19,23). The SMILES string of the molecule is NC(=O)Cn1ccnc1-c1ncc(C(=O)C2CCOC(c3ccco3)C2)s1. The first kappa shape index (κ1) is 17.6. The molecule has 2 unspecified atom stereocenters. The van der Waals surface area contributed by atoms with Gasteiger partial charge in [0, 0.05) is 31.1 Å². The fourth-order valence-electron chi connectivity index (χ4n) is 3.20. The van der Waals surface area contributed by atoms with Gasteiger partial charge in [-0.2, -0.15) is 0 Å². The highest BCUT2D eigenvalue weighted by Crippen LogP contribution is 2.35. The molecule has 140 valence electrons. The molecule has 0 radical (unpaired) electrons. The zero-order valence-corrected chi connectivity index (χ0v) is 15.2. The smallest absolute Gasteiger partial charge is 0.237 e. The van der Waals surface area contributed by atoms with Gasteiger partial charge in [0.1, 0.15) is 18.4 Å². The van der Waals surface area contributed by atoms with Gasteiger partial charge < -0.3 is 19.5 Å². The summed E-state index contributed by atoms with van der Waals surface area (Å²) in [5.41, 5.74) is 5.26. The van der Waals surface area contributed by atoms with Crippen LogP contribution in [-0.2, 0) is 16.1 Å². The summed E-state index contributed by atoms with van der Waals surface area (Å²) in [4.78, 5) is 33.3. The molecule has 2 N–H and O–H groups in total. The number of carbonyl (C=O) groups is 2. The summed E-state index contributed by atoms with van der Waals surface area (Å²) in [6, 6.07) is 3.68. The predicted octanol–water partition coefficient (Wildman–Crippen LogP) is 2.44. The van der Waals surface area contributed by atoms with Crippen LogP contribution in [0.1, 0.15) is 34.4 Å². The van der Waals surface area contributed by atoms with Crippen LogP contribution in [0.15, 0.2) is 41.4 Å². The second-order valence-corrected chi connectivity index (χ2v) is 7.37. The van der Waals surface area contributed by atoms with Crippen LogP contribution in [0.5, 0.6) is 0 Å². The molecular weight excluding hydrogens is 368 g/mol.